The minimum Gasteiger partial charge on any atom is -0.456 e. The van der Waals surface area contributed by atoms with E-state index in [1.54, 1.807) is 0 Å². The lowest BCUT2D eigenvalue weighted by molar-refractivity contribution is -0.153. The van der Waals surface area contributed by atoms with Gasteiger partial charge in [0.05, 0.1) is 21.8 Å². The van der Waals surface area contributed by atoms with Crippen LogP contribution in [0.15, 0.2) is 39.6 Å². The van der Waals surface area contributed by atoms with Crippen molar-refractivity contribution in [3.8, 4) is 0 Å². The predicted octanol–water partition coefficient (Wildman–Crippen LogP) is 5.39. The standard InChI is InChI=1S/C21H21F6NO4S/c1-12-9-17(18(32-12)21(25,26)27)19(29)28-15-7-5-13(6-8-15)11-33(30,31)16-4-2-3-14(10-16)20(22,23)24/h2-4,9-10,13,15H,5-8,11H2,1H3,(H,28,29). The smallest absolute Gasteiger partial charge is 0.450 e. The molecule has 1 N–H and O–H groups in total. The number of halogens is 6. The molecule has 1 heterocycles. The third-order valence-electron chi connectivity index (χ3n) is 5.51. The molecule has 0 unspecified atom stereocenters. The Balaban J connectivity index is 1.60. The maximum absolute atomic E-state index is 13.0. The number of furan rings is 1. The van der Waals surface area contributed by atoms with E-state index in [1.165, 1.54) is 6.92 Å². The van der Waals surface area contributed by atoms with Gasteiger partial charge in [-0.2, -0.15) is 26.3 Å². The number of hydrogen-bond acceptors (Lipinski definition) is 4. The summed E-state index contributed by atoms with van der Waals surface area (Å²) in [5, 5.41) is 2.53. The average Bonchev–Trinajstić information content (AvgIpc) is 3.11. The summed E-state index contributed by atoms with van der Waals surface area (Å²) in [6, 6.07) is 4.09. The van der Waals surface area contributed by atoms with Gasteiger partial charge < -0.3 is 9.73 Å². The van der Waals surface area contributed by atoms with E-state index in [9.17, 15) is 39.6 Å². The summed E-state index contributed by atoms with van der Waals surface area (Å²) in [5.41, 5.74) is -1.67. The van der Waals surface area contributed by atoms with Crippen molar-refractivity contribution in [2.45, 2.75) is 55.9 Å². The number of rotatable bonds is 5. The number of alkyl halides is 6. The minimum absolute atomic E-state index is 0.0593. The van der Waals surface area contributed by atoms with Crippen LogP contribution in [0.3, 0.4) is 0 Å². The second-order valence-corrected chi connectivity index (χ2v) is 10.1. The van der Waals surface area contributed by atoms with Crippen LogP contribution in [0.5, 0.6) is 0 Å². The fourth-order valence-corrected chi connectivity index (χ4v) is 5.64. The average molecular weight is 497 g/mol. The summed E-state index contributed by atoms with van der Waals surface area (Å²) in [4.78, 5) is 11.9. The molecular formula is C21H21F6NO4S. The Bertz CT molecular complexity index is 1110. The van der Waals surface area contributed by atoms with Crippen LogP contribution in [0, 0.1) is 12.8 Å². The van der Waals surface area contributed by atoms with E-state index in [0.29, 0.717) is 31.7 Å². The van der Waals surface area contributed by atoms with Crippen molar-refractivity contribution in [3.05, 3.63) is 53.0 Å². The lowest BCUT2D eigenvalue weighted by Crippen LogP contribution is -2.39. The summed E-state index contributed by atoms with van der Waals surface area (Å²) in [7, 11) is -3.97. The molecule has 5 nitrogen and oxygen atoms in total. The van der Waals surface area contributed by atoms with E-state index in [2.05, 4.69) is 9.73 Å². The highest BCUT2D eigenvalue weighted by molar-refractivity contribution is 7.91. The minimum atomic E-state index is -4.82. The Morgan fingerprint density at radius 2 is 1.67 bits per heavy atom. The van der Waals surface area contributed by atoms with E-state index < -0.39 is 55.9 Å². The van der Waals surface area contributed by atoms with Crippen molar-refractivity contribution in [3.63, 3.8) is 0 Å². The lowest BCUT2D eigenvalue weighted by Gasteiger charge is -2.29. The van der Waals surface area contributed by atoms with Crippen LogP contribution in [0.1, 0.15) is 53.1 Å². The van der Waals surface area contributed by atoms with E-state index in [-0.39, 0.29) is 17.4 Å². The number of carbonyl (C=O) groups is 1. The maximum atomic E-state index is 13.0. The van der Waals surface area contributed by atoms with Gasteiger partial charge in [-0.05, 0) is 62.8 Å². The molecule has 1 aliphatic carbocycles. The highest BCUT2D eigenvalue weighted by Crippen LogP contribution is 2.35. The Labute approximate surface area is 186 Å². The van der Waals surface area contributed by atoms with Crippen molar-refractivity contribution in [1.29, 1.82) is 0 Å². The first-order valence-corrected chi connectivity index (χ1v) is 11.7. The number of carbonyl (C=O) groups excluding carboxylic acids is 1. The molecule has 0 spiro atoms. The van der Waals surface area contributed by atoms with Crippen LogP contribution in [0.2, 0.25) is 0 Å². The highest BCUT2D eigenvalue weighted by Gasteiger charge is 2.40. The number of aryl methyl sites for hydroxylation is 1. The molecule has 33 heavy (non-hydrogen) atoms. The fraction of sp³-hybridized carbons (Fsp3) is 0.476. The van der Waals surface area contributed by atoms with Crippen LogP contribution in [0.25, 0.3) is 0 Å². The first kappa shape index (κ1) is 25.1. The molecule has 0 radical (unpaired) electrons. The zero-order valence-electron chi connectivity index (χ0n) is 17.4. The molecule has 2 aromatic rings. The number of nitrogens with one attached hydrogen (secondary N) is 1. The van der Waals surface area contributed by atoms with Crippen molar-refractivity contribution >= 4 is 15.7 Å². The van der Waals surface area contributed by atoms with Crippen LogP contribution in [-0.2, 0) is 22.2 Å². The van der Waals surface area contributed by atoms with Crippen molar-refractivity contribution in [2.75, 3.05) is 5.75 Å². The van der Waals surface area contributed by atoms with Crippen LogP contribution >= 0.6 is 0 Å². The molecule has 182 valence electrons. The molecule has 1 aliphatic rings. The molecule has 1 aromatic carbocycles. The molecule has 3 rings (SSSR count). The van der Waals surface area contributed by atoms with Crippen LogP contribution in [-0.4, -0.2) is 26.1 Å². The molecule has 0 saturated heterocycles. The summed E-state index contributed by atoms with van der Waals surface area (Å²) >= 11 is 0. The van der Waals surface area contributed by atoms with Gasteiger partial charge in [-0.25, -0.2) is 8.42 Å². The SMILES string of the molecule is Cc1cc(C(=O)NC2CCC(CS(=O)(=O)c3cccc(C(F)(F)F)c3)CC2)c(C(F)(F)F)o1. The van der Waals surface area contributed by atoms with Crippen molar-refractivity contribution in [2.24, 2.45) is 5.92 Å². The molecule has 0 atom stereocenters. The van der Waals surface area contributed by atoms with Crippen molar-refractivity contribution in [1.82, 2.24) is 5.32 Å². The third kappa shape index (κ3) is 6.10. The third-order valence-corrected chi connectivity index (χ3v) is 7.40. The second-order valence-electron chi connectivity index (χ2n) is 8.10. The Kier molecular flexibility index (Phi) is 6.88. The number of hydrogen-bond donors (Lipinski definition) is 1. The summed E-state index contributed by atoms with van der Waals surface area (Å²) in [6.45, 7) is 1.29. The van der Waals surface area contributed by atoms with Crippen LogP contribution < -0.4 is 5.32 Å². The predicted molar refractivity (Wildman–Crippen MR) is 105 cm³/mol. The zero-order valence-corrected chi connectivity index (χ0v) is 18.2. The number of amides is 1. The van der Waals surface area contributed by atoms with Gasteiger partial charge in [-0.1, -0.05) is 6.07 Å². The van der Waals surface area contributed by atoms with Crippen LogP contribution in [0.4, 0.5) is 26.3 Å². The molecule has 1 fully saturated rings. The van der Waals surface area contributed by atoms with Gasteiger partial charge in [0.25, 0.3) is 5.91 Å². The Morgan fingerprint density at radius 3 is 2.24 bits per heavy atom. The quantitative estimate of drug-likeness (QED) is 0.563. The van der Waals surface area contributed by atoms with Crippen molar-refractivity contribution < 1.29 is 44.0 Å². The molecular weight excluding hydrogens is 476 g/mol. The molecule has 1 saturated carbocycles. The van der Waals surface area contributed by atoms with Gasteiger partial charge in [-0.15, -0.1) is 0 Å². The monoisotopic (exact) mass is 497 g/mol. The molecule has 12 heteroatoms. The second kappa shape index (κ2) is 9.03. The van der Waals surface area contributed by atoms with Gasteiger partial charge in [0.1, 0.15) is 5.76 Å². The lowest BCUT2D eigenvalue weighted by atomic mass is 9.87. The highest BCUT2D eigenvalue weighted by atomic mass is 32.2. The molecule has 0 aliphatic heterocycles. The topological polar surface area (TPSA) is 76.4 Å². The van der Waals surface area contributed by atoms with Gasteiger partial charge >= 0.3 is 12.4 Å². The number of benzene rings is 1. The van der Waals surface area contributed by atoms with E-state index >= 15 is 0 Å². The van der Waals surface area contributed by atoms with Gasteiger partial charge in [0, 0.05) is 6.04 Å². The van der Waals surface area contributed by atoms with Gasteiger partial charge in [0.15, 0.2) is 9.84 Å². The Hall–Kier alpha value is -2.50. The summed E-state index contributed by atoms with van der Waals surface area (Å²) in [6.07, 6.45) is -8.14. The number of sulfone groups is 1. The first-order valence-electron chi connectivity index (χ1n) is 10.1. The van der Waals surface area contributed by atoms with E-state index in [1.807, 2.05) is 0 Å². The molecule has 0 bridgehead atoms. The van der Waals surface area contributed by atoms with Gasteiger partial charge in [-0.3, -0.25) is 4.79 Å². The van der Waals surface area contributed by atoms with Gasteiger partial charge in [0.2, 0.25) is 5.76 Å². The van der Waals surface area contributed by atoms with E-state index in [0.717, 1.165) is 24.3 Å². The maximum Gasteiger partial charge on any atom is 0.450 e. The summed E-state index contributed by atoms with van der Waals surface area (Å²) in [5.74, 6) is -3.07. The first-order chi connectivity index (χ1) is 15.2. The normalized spacial score (nSPS) is 20.0. The zero-order chi connectivity index (χ0) is 24.6. The molecule has 1 amide bonds. The molecule has 1 aromatic heterocycles. The Morgan fingerprint density at radius 1 is 1.03 bits per heavy atom. The van der Waals surface area contributed by atoms with E-state index in [4.69, 9.17) is 0 Å². The summed E-state index contributed by atoms with van der Waals surface area (Å²) < 4.78 is 108. The largest absolute Gasteiger partial charge is 0.456 e. The fourth-order valence-electron chi connectivity index (χ4n) is 3.90.